The van der Waals surface area contributed by atoms with Crippen molar-refractivity contribution < 1.29 is 23.0 Å². The van der Waals surface area contributed by atoms with E-state index in [1.807, 2.05) is 6.07 Å². The molecule has 2 aromatic carbocycles. The molecule has 6 heteroatoms. The van der Waals surface area contributed by atoms with Crippen LogP contribution in [-0.2, 0) is 0 Å². The number of hydrogen-bond donors (Lipinski definition) is 1. The Labute approximate surface area is 118 Å². The second kappa shape index (κ2) is 5.85. The summed E-state index contributed by atoms with van der Waals surface area (Å²) in [4.78, 5) is 0. The lowest BCUT2D eigenvalue weighted by Gasteiger charge is -2.17. The predicted molar refractivity (Wildman–Crippen MR) is 68.3 cm³/mol. The summed E-state index contributed by atoms with van der Waals surface area (Å²) in [7, 11) is 0. The molecule has 3 nitrogen and oxygen atoms in total. The van der Waals surface area contributed by atoms with Crippen molar-refractivity contribution in [1.82, 2.24) is 0 Å². The molecule has 0 fully saturated rings. The molecule has 0 saturated carbocycles. The van der Waals surface area contributed by atoms with Gasteiger partial charge in [0.1, 0.15) is 11.9 Å². The number of para-hydroxylation sites is 1. The summed E-state index contributed by atoms with van der Waals surface area (Å²) in [5, 5.41) is 19.0. The fourth-order valence-corrected chi connectivity index (χ4v) is 1.88. The normalized spacial score (nSPS) is 12.5. The number of ether oxygens (including phenoxy) is 1. The summed E-state index contributed by atoms with van der Waals surface area (Å²) in [5.74, 6) is -0.472. The van der Waals surface area contributed by atoms with Crippen LogP contribution in [0.15, 0.2) is 48.5 Å². The zero-order valence-electron chi connectivity index (χ0n) is 10.6. The van der Waals surface area contributed by atoms with Gasteiger partial charge in [-0.25, -0.2) is 0 Å². The number of nitrogens with zero attached hydrogens (tertiary/aromatic N) is 1. The van der Waals surface area contributed by atoms with Crippen molar-refractivity contribution in [1.29, 1.82) is 5.26 Å². The van der Waals surface area contributed by atoms with Gasteiger partial charge in [-0.15, -0.1) is 13.2 Å². The van der Waals surface area contributed by atoms with Crippen molar-refractivity contribution in [3.05, 3.63) is 65.2 Å². The highest BCUT2D eigenvalue weighted by molar-refractivity contribution is 5.42. The van der Waals surface area contributed by atoms with Gasteiger partial charge in [-0.2, -0.15) is 5.26 Å². The summed E-state index contributed by atoms with van der Waals surface area (Å²) >= 11 is 0. The lowest BCUT2D eigenvalue weighted by atomic mass is 9.99. The van der Waals surface area contributed by atoms with Gasteiger partial charge in [-0.3, -0.25) is 0 Å². The van der Waals surface area contributed by atoms with E-state index >= 15 is 0 Å². The highest BCUT2D eigenvalue weighted by Gasteiger charge is 2.32. The molecule has 21 heavy (non-hydrogen) atoms. The van der Waals surface area contributed by atoms with Crippen molar-refractivity contribution in [2.45, 2.75) is 12.5 Å². The predicted octanol–water partition coefficient (Wildman–Crippen LogP) is 3.54. The third-order valence-electron chi connectivity index (χ3n) is 2.77. The van der Waals surface area contributed by atoms with Crippen LogP contribution in [0.4, 0.5) is 13.2 Å². The lowest BCUT2D eigenvalue weighted by Crippen LogP contribution is -2.18. The number of nitriles is 1. The Balaban J connectivity index is 2.39. The van der Waals surface area contributed by atoms with E-state index in [-0.39, 0.29) is 5.56 Å². The fraction of sp³-hybridized carbons (Fsp3) is 0.133. The van der Waals surface area contributed by atoms with Crippen LogP contribution >= 0.6 is 0 Å². The monoisotopic (exact) mass is 293 g/mol. The molecule has 0 radical (unpaired) electrons. The molecule has 0 saturated heterocycles. The molecule has 0 spiro atoms. The zero-order valence-corrected chi connectivity index (χ0v) is 10.6. The van der Waals surface area contributed by atoms with Gasteiger partial charge in [0.25, 0.3) is 0 Å². The number of hydrogen-bond acceptors (Lipinski definition) is 3. The van der Waals surface area contributed by atoms with Crippen LogP contribution < -0.4 is 4.74 Å². The van der Waals surface area contributed by atoms with Crippen LogP contribution in [0.1, 0.15) is 22.8 Å². The molecule has 0 bridgehead atoms. The maximum Gasteiger partial charge on any atom is 0.573 e. The Bertz CT molecular complexity index is 677. The molecule has 1 unspecified atom stereocenters. The first-order valence-electron chi connectivity index (χ1n) is 5.93. The zero-order chi connectivity index (χ0) is 15.5. The quantitative estimate of drug-likeness (QED) is 0.941. The first kappa shape index (κ1) is 14.9. The van der Waals surface area contributed by atoms with Gasteiger partial charge < -0.3 is 9.84 Å². The second-order valence-electron chi connectivity index (χ2n) is 4.23. The molecule has 2 rings (SSSR count). The van der Waals surface area contributed by atoms with Gasteiger partial charge in [0.15, 0.2) is 0 Å². The van der Waals surface area contributed by atoms with E-state index < -0.39 is 18.2 Å². The van der Waals surface area contributed by atoms with Gasteiger partial charge >= 0.3 is 6.36 Å². The minimum atomic E-state index is -4.84. The molecule has 0 heterocycles. The summed E-state index contributed by atoms with van der Waals surface area (Å²) in [6, 6.07) is 13.3. The topological polar surface area (TPSA) is 53.2 Å². The second-order valence-corrected chi connectivity index (χ2v) is 4.23. The maximum atomic E-state index is 12.4. The molecule has 108 valence electrons. The SMILES string of the molecule is N#Cc1cccc(C(O)c2ccccc2OC(F)(F)F)c1. The van der Waals surface area contributed by atoms with Crippen molar-refractivity contribution in [3.8, 4) is 11.8 Å². The summed E-state index contributed by atoms with van der Waals surface area (Å²) in [6.45, 7) is 0. The number of halogens is 3. The van der Waals surface area contributed by atoms with E-state index in [1.54, 1.807) is 6.07 Å². The molecule has 0 amide bonds. The third kappa shape index (κ3) is 3.74. The van der Waals surface area contributed by atoms with E-state index in [4.69, 9.17) is 5.26 Å². The van der Waals surface area contributed by atoms with E-state index in [9.17, 15) is 18.3 Å². The van der Waals surface area contributed by atoms with Crippen LogP contribution in [0.2, 0.25) is 0 Å². The van der Waals surface area contributed by atoms with Crippen LogP contribution in [-0.4, -0.2) is 11.5 Å². The molecule has 0 aromatic heterocycles. The number of alkyl halides is 3. The molecule has 0 aliphatic rings. The highest BCUT2D eigenvalue weighted by atomic mass is 19.4. The largest absolute Gasteiger partial charge is 0.573 e. The Hall–Kier alpha value is -2.52. The number of rotatable bonds is 3. The van der Waals surface area contributed by atoms with Gasteiger partial charge in [-0.05, 0) is 23.8 Å². The number of benzene rings is 2. The number of aliphatic hydroxyl groups is 1. The molecule has 0 aliphatic heterocycles. The first-order valence-corrected chi connectivity index (χ1v) is 5.93. The average Bonchev–Trinajstić information content (AvgIpc) is 2.45. The Morgan fingerprint density at radius 3 is 2.48 bits per heavy atom. The Morgan fingerprint density at radius 1 is 1.10 bits per heavy atom. The van der Waals surface area contributed by atoms with E-state index in [0.29, 0.717) is 11.1 Å². The van der Waals surface area contributed by atoms with E-state index in [2.05, 4.69) is 4.74 Å². The average molecular weight is 293 g/mol. The van der Waals surface area contributed by atoms with Crippen molar-refractivity contribution >= 4 is 0 Å². The maximum absolute atomic E-state index is 12.4. The lowest BCUT2D eigenvalue weighted by molar-refractivity contribution is -0.275. The summed E-state index contributed by atoms with van der Waals surface area (Å²) < 4.78 is 41.0. The molecule has 1 atom stereocenters. The van der Waals surface area contributed by atoms with E-state index in [1.165, 1.54) is 36.4 Å². The molecular formula is C15H10F3NO2. The minimum absolute atomic E-state index is 0.0232. The molecular weight excluding hydrogens is 283 g/mol. The van der Waals surface area contributed by atoms with Crippen LogP contribution in [0.25, 0.3) is 0 Å². The van der Waals surface area contributed by atoms with Gasteiger partial charge in [0.2, 0.25) is 0 Å². The summed E-state index contributed by atoms with van der Waals surface area (Å²) in [6.07, 6.45) is -6.17. The molecule has 2 aromatic rings. The van der Waals surface area contributed by atoms with Crippen molar-refractivity contribution in [2.75, 3.05) is 0 Å². The van der Waals surface area contributed by atoms with Crippen LogP contribution in [0.3, 0.4) is 0 Å². The standard InChI is InChI=1S/C15H10F3NO2/c16-15(17,18)21-13-7-2-1-6-12(13)14(20)11-5-3-4-10(8-11)9-19/h1-8,14,20H. The fourth-order valence-electron chi connectivity index (χ4n) is 1.88. The van der Waals surface area contributed by atoms with Crippen LogP contribution in [0.5, 0.6) is 5.75 Å². The van der Waals surface area contributed by atoms with Crippen molar-refractivity contribution in [2.24, 2.45) is 0 Å². The molecule has 0 aliphatic carbocycles. The van der Waals surface area contributed by atoms with Gasteiger partial charge in [-0.1, -0.05) is 30.3 Å². The Kier molecular flexibility index (Phi) is 4.15. The first-order chi connectivity index (χ1) is 9.90. The highest BCUT2D eigenvalue weighted by Crippen LogP contribution is 2.33. The third-order valence-corrected chi connectivity index (χ3v) is 2.77. The van der Waals surface area contributed by atoms with Crippen LogP contribution in [0, 0.1) is 11.3 Å². The van der Waals surface area contributed by atoms with E-state index in [0.717, 1.165) is 6.07 Å². The smallest absolute Gasteiger partial charge is 0.405 e. The van der Waals surface area contributed by atoms with Gasteiger partial charge in [0.05, 0.1) is 11.6 Å². The van der Waals surface area contributed by atoms with Gasteiger partial charge in [0, 0.05) is 5.56 Å². The minimum Gasteiger partial charge on any atom is -0.405 e. The number of aliphatic hydroxyl groups excluding tert-OH is 1. The molecule has 1 N–H and O–H groups in total. The van der Waals surface area contributed by atoms with Crippen molar-refractivity contribution in [3.63, 3.8) is 0 Å². The Morgan fingerprint density at radius 2 is 1.81 bits per heavy atom. The summed E-state index contributed by atoms with van der Waals surface area (Å²) in [5.41, 5.74) is 0.595.